The van der Waals surface area contributed by atoms with Crippen molar-refractivity contribution in [2.45, 2.75) is 40.0 Å². The van der Waals surface area contributed by atoms with Crippen molar-refractivity contribution in [1.82, 2.24) is 9.97 Å². The van der Waals surface area contributed by atoms with E-state index in [1.807, 2.05) is 0 Å². The van der Waals surface area contributed by atoms with Crippen LogP contribution in [0.25, 0.3) is 0 Å². The van der Waals surface area contributed by atoms with E-state index >= 15 is 0 Å². The average molecular weight is 252 g/mol. The summed E-state index contributed by atoms with van der Waals surface area (Å²) < 4.78 is 5.66. The molecule has 0 saturated heterocycles. The van der Waals surface area contributed by atoms with Crippen molar-refractivity contribution in [1.29, 1.82) is 0 Å². The summed E-state index contributed by atoms with van der Waals surface area (Å²) in [7, 11) is 1.79. The van der Waals surface area contributed by atoms with E-state index in [1.165, 1.54) is 0 Å². The van der Waals surface area contributed by atoms with Crippen molar-refractivity contribution in [2.75, 3.05) is 24.7 Å². The monoisotopic (exact) mass is 252 g/mol. The number of anilines is 2. The molecule has 0 saturated carbocycles. The maximum absolute atomic E-state index is 5.98. The SMILES string of the molecule is CNc1nc(C(C)(C)C)nc(OCC(C)C)c1N. The summed E-state index contributed by atoms with van der Waals surface area (Å²) in [5.74, 6) is 2.23. The summed E-state index contributed by atoms with van der Waals surface area (Å²) in [6.07, 6.45) is 0. The standard InChI is InChI=1S/C13H24N4O/c1-8(2)7-18-11-9(14)10(15-6)16-12(17-11)13(3,4)5/h8H,7,14H2,1-6H3,(H,15,16,17). The van der Waals surface area contributed by atoms with Gasteiger partial charge in [0.1, 0.15) is 11.5 Å². The lowest BCUT2D eigenvalue weighted by Crippen LogP contribution is -2.19. The number of nitrogens with one attached hydrogen (secondary N) is 1. The molecular formula is C13H24N4O. The van der Waals surface area contributed by atoms with E-state index < -0.39 is 0 Å². The van der Waals surface area contributed by atoms with Crippen LogP contribution < -0.4 is 15.8 Å². The lowest BCUT2D eigenvalue weighted by atomic mass is 9.96. The lowest BCUT2D eigenvalue weighted by molar-refractivity contribution is 0.260. The zero-order chi connectivity index (χ0) is 13.9. The van der Waals surface area contributed by atoms with Gasteiger partial charge in [0.15, 0.2) is 5.82 Å². The molecular weight excluding hydrogens is 228 g/mol. The Morgan fingerprint density at radius 2 is 1.89 bits per heavy atom. The smallest absolute Gasteiger partial charge is 0.242 e. The van der Waals surface area contributed by atoms with Gasteiger partial charge in [0.2, 0.25) is 5.88 Å². The number of ether oxygens (including phenoxy) is 1. The molecule has 0 aliphatic rings. The average Bonchev–Trinajstić information content (AvgIpc) is 2.26. The second-order valence-electron chi connectivity index (χ2n) is 5.82. The topological polar surface area (TPSA) is 73.1 Å². The minimum atomic E-state index is -0.144. The Bertz CT molecular complexity index is 410. The van der Waals surface area contributed by atoms with E-state index in [4.69, 9.17) is 10.5 Å². The first-order valence-corrected chi connectivity index (χ1v) is 6.24. The highest BCUT2D eigenvalue weighted by atomic mass is 16.5. The van der Waals surface area contributed by atoms with Crippen LogP contribution in [-0.4, -0.2) is 23.6 Å². The van der Waals surface area contributed by atoms with Crippen molar-refractivity contribution in [3.63, 3.8) is 0 Å². The Hall–Kier alpha value is -1.52. The third-order valence-corrected chi connectivity index (χ3v) is 2.37. The molecule has 0 amide bonds. The molecule has 5 heteroatoms. The maximum Gasteiger partial charge on any atom is 0.242 e. The summed E-state index contributed by atoms with van der Waals surface area (Å²) in [5, 5.41) is 2.98. The van der Waals surface area contributed by atoms with Gasteiger partial charge < -0.3 is 15.8 Å². The molecule has 1 rings (SSSR count). The van der Waals surface area contributed by atoms with E-state index in [-0.39, 0.29) is 5.41 Å². The predicted octanol–water partition coefficient (Wildman–Crippen LogP) is 2.43. The van der Waals surface area contributed by atoms with E-state index in [2.05, 4.69) is 49.9 Å². The molecule has 1 aromatic heterocycles. The van der Waals surface area contributed by atoms with Crippen LogP contribution in [0.2, 0.25) is 0 Å². The maximum atomic E-state index is 5.98. The normalized spacial score (nSPS) is 11.7. The predicted molar refractivity (Wildman–Crippen MR) is 75.0 cm³/mol. The zero-order valence-corrected chi connectivity index (χ0v) is 12.2. The highest BCUT2D eigenvalue weighted by Gasteiger charge is 2.22. The fourth-order valence-electron chi connectivity index (χ4n) is 1.33. The number of rotatable bonds is 4. The van der Waals surface area contributed by atoms with Gasteiger partial charge in [-0.2, -0.15) is 4.98 Å². The molecule has 0 atom stereocenters. The van der Waals surface area contributed by atoms with E-state index in [9.17, 15) is 0 Å². The third kappa shape index (κ3) is 3.48. The van der Waals surface area contributed by atoms with Crippen molar-refractivity contribution in [3.8, 4) is 5.88 Å². The Labute approximate surface area is 109 Å². The van der Waals surface area contributed by atoms with Crippen LogP contribution in [0.15, 0.2) is 0 Å². The first kappa shape index (κ1) is 14.5. The molecule has 5 nitrogen and oxygen atoms in total. The fraction of sp³-hybridized carbons (Fsp3) is 0.692. The molecule has 1 aromatic rings. The molecule has 0 fully saturated rings. The number of nitrogens with zero attached hydrogens (tertiary/aromatic N) is 2. The minimum Gasteiger partial charge on any atom is -0.476 e. The van der Waals surface area contributed by atoms with E-state index in [0.29, 0.717) is 29.9 Å². The van der Waals surface area contributed by atoms with Crippen LogP contribution in [0.5, 0.6) is 5.88 Å². The van der Waals surface area contributed by atoms with Crippen LogP contribution in [0.4, 0.5) is 11.5 Å². The van der Waals surface area contributed by atoms with Gasteiger partial charge in [-0.15, -0.1) is 0 Å². The van der Waals surface area contributed by atoms with Crippen molar-refractivity contribution < 1.29 is 4.74 Å². The summed E-state index contributed by atoms with van der Waals surface area (Å²) >= 11 is 0. The van der Waals surface area contributed by atoms with Crippen molar-refractivity contribution >= 4 is 11.5 Å². The molecule has 0 aliphatic heterocycles. The largest absolute Gasteiger partial charge is 0.476 e. The number of nitrogen functional groups attached to an aromatic ring is 1. The van der Waals surface area contributed by atoms with Crippen LogP contribution in [-0.2, 0) is 5.41 Å². The van der Waals surface area contributed by atoms with Gasteiger partial charge in [0, 0.05) is 12.5 Å². The molecule has 0 radical (unpaired) electrons. The van der Waals surface area contributed by atoms with Crippen LogP contribution in [0.3, 0.4) is 0 Å². The summed E-state index contributed by atoms with van der Waals surface area (Å²) in [4.78, 5) is 8.85. The second-order valence-corrected chi connectivity index (χ2v) is 5.82. The van der Waals surface area contributed by atoms with Crippen molar-refractivity contribution in [2.24, 2.45) is 5.92 Å². The highest BCUT2D eigenvalue weighted by molar-refractivity contribution is 5.66. The summed E-state index contributed by atoms with van der Waals surface area (Å²) in [6.45, 7) is 10.9. The Balaban J connectivity index is 3.15. The summed E-state index contributed by atoms with van der Waals surface area (Å²) in [5.41, 5.74) is 6.30. The van der Waals surface area contributed by atoms with Gasteiger partial charge in [-0.1, -0.05) is 34.6 Å². The minimum absolute atomic E-state index is 0.144. The van der Waals surface area contributed by atoms with Crippen LogP contribution in [0.1, 0.15) is 40.4 Å². The van der Waals surface area contributed by atoms with Gasteiger partial charge >= 0.3 is 0 Å². The number of nitrogens with two attached hydrogens (primary N) is 1. The molecule has 1 heterocycles. The van der Waals surface area contributed by atoms with E-state index in [1.54, 1.807) is 7.05 Å². The molecule has 0 spiro atoms. The number of aromatic nitrogens is 2. The molecule has 3 N–H and O–H groups in total. The molecule has 0 bridgehead atoms. The lowest BCUT2D eigenvalue weighted by Gasteiger charge is -2.20. The molecule has 0 aliphatic carbocycles. The number of hydrogen-bond donors (Lipinski definition) is 2. The molecule has 102 valence electrons. The van der Waals surface area contributed by atoms with Gasteiger partial charge in [0.05, 0.1) is 6.61 Å². The summed E-state index contributed by atoms with van der Waals surface area (Å²) in [6, 6.07) is 0. The first-order chi connectivity index (χ1) is 8.25. The quantitative estimate of drug-likeness (QED) is 0.861. The van der Waals surface area contributed by atoms with Gasteiger partial charge in [-0.25, -0.2) is 4.98 Å². The highest BCUT2D eigenvalue weighted by Crippen LogP contribution is 2.30. The first-order valence-electron chi connectivity index (χ1n) is 6.24. The Morgan fingerprint density at radius 3 is 2.33 bits per heavy atom. The fourth-order valence-corrected chi connectivity index (χ4v) is 1.33. The second kappa shape index (κ2) is 5.42. The van der Waals surface area contributed by atoms with Gasteiger partial charge in [0.25, 0.3) is 0 Å². The van der Waals surface area contributed by atoms with Crippen molar-refractivity contribution in [3.05, 3.63) is 5.82 Å². The van der Waals surface area contributed by atoms with E-state index in [0.717, 1.165) is 5.82 Å². The Morgan fingerprint density at radius 1 is 1.28 bits per heavy atom. The van der Waals surface area contributed by atoms with Gasteiger partial charge in [-0.3, -0.25) is 0 Å². The third-order valence-electron chi connectivity index (χ3n) is 2.37. The van der Waals surface area contributed by atoms with Crippen LogP contribution >= 0.6 is 0 Å². The zero-order valence-electron chi connectivity index (χ0n) is 12.2. The van der Waals surface area contributed by atoms with Crippen LogP contribution in [0, 0.1) is 5.92 Å². The Kier molecular flexibility index (Phi) is 4.38. The molecule has 0 aromatic carbocycles. The number of hydrogen-bond acceptors (Lipinski definition) is 5. The molecule has 18 heavy (non-hydrogen) atoms. The van der Waals surface area contributed by atoms with Gasteiger partial charge in [-0.05, 0) is 5.92 Å². The molecule has 0 unspecified atom stereocenters.